The van der Waals surface area contributed by atoms with Gasteiger partial charge in [0.25, 0.3) is 0 Å². The third kappa shape index (κ3) is 2.30. The molecule has 3 N–H and O–H groups in total. The molecule has 2 atom stereocenters. The second-order valence-corrected chi connectivity index (χ2v) is 5.83. The summed E-state index contributed by atoms with van der Waals surface area (Å²) in [5, 5.41) is 19.8. The quantitative estimate of drug-likeness (QED) is 0.759. The number of fused-ring (bicyclic) bond motifs is 1. The molecule has 20 heavy (non-hydrogen) atoms. The summed E-state index contributed by atoms with van der Waals surface area (Å²) in [7, 11) is 1.72. The fourth-order valence-corrected chi connectivity index (χ4v) is 2.51. The lowest BCUT2D eigenvalue weighted by Crippen LogP contribution is -2.54. The Balaban J connectivity index is 2.60. The maximum Gasteiger partial charge on any atom is 0.166 e. The number of rotatable bonds is 1. The minimum absolute atomic E-state index is 0.181. The molecule has 1 aliphatic rings. The number of likely N-dealkylation sites (N-methyl/N-ethyl adjacent to an activating group) is 1. The van der Waals surface area contributed by atoms with Crippen LogP contribution in [-0.4, -0.2) is 33.9 Å². The van der Waals surface area contributed by atoms with Crippen LogP contribution >= 0.6 is 12.2 Å². The highest BCUT2D eigenvalue weighted by Gasteiger charge is 2.45. The molecule has 0 aliphatic carbocycles. The average molecular weight is 291 g/mol. The van der Waals surface area contributed by atoms with Crippen molar-refractivity contribution in [3.63, 3.8) is 0 Å². The minimum atomic E-state index is -0.824. The zero-order chi connectivity index (χ0) is 15.1. The normalized spacial score (nSPS) is 23.1. The number of nitrogens with two attached hydrogens (primary N) is 1. The first-order chi connectivity index (χ1) is 9.27. The van der Waals surface area contributed by atoms with Crippen molar-refractivity contribution in [3.05, 3.63) is 29.3 Å². The third-order valence-corrected chi connectivity index (χ3v) is 3.89. The van der Waals surface area contributed by atoms with Crippen LogP contribution in [0, 0.1) is 11.3 Å². The Labute approximate surface area is 123 Å². The molecule has 0 aromatic heterocycles. The third-order valence-electron chi connectivity index (χ3n) is 3.61. The Bertz CT molecular complexity index is 595. The second kappa shape index (κ2) is 4.93. The van der Waals surface area contributed by atoms with Crippen molar-refractivity contribution in [2.24, 2.45) is 5.73 Å². The summed E-state index contributed by atoms with van der Waals surface area (Å²) in [6.07, 6.45) is -0.824. The van der Waals surface area contributed by atoms with Gasteiger partial charge in [0.05, 0.1) is 17.7 Å². The average Bonchev–Trinajstić information content (AvgIpc) is 2.38. The number of benzene rings is 1. The van der Waals surface area contributed by atoms with E-state index in [1.54, 1.807) is 44.0 Å². The Morgan fingerprint density at radius 1 is 1.55 bits per heavy atom. The minimum Gasteiger partial charge on any atom is -0.485 e. The molecule has 0 radical (unpaired) electrons. The molecule has 1 aromatic carbocycles. The fourth-order valence-electron chi connectivity index (χ4n) is 2.39. The Hall–Kier alpha value is -1.84. The molecule has 2 rings (SSSR count). The van der Waals surface area contributed by atoms with Crippen molar-refractivity contribution in [1.82, 2.24) is 4.90 Å². The summed E-state index contributed by atoms with van der Waals surface area (Å²) >= 11 is 5.00. The van der Waals surface area contributed by atoms with Crippen molar-refractivity contribution in [2.75, 3.05) is 7.05 Å². The summed E-state index contributed by atoms with van der Waals surface area (Å²) in [6, 6.07) is 6.76. The van der Waals surface area contributed by atoms with Gasteiger partial charge in [-0.1, -0.05) is 0 Å². The van der Waals surface area contributed by atoms with Gasteiger partial charge >= 0.3 is 0 Å². The fraction of sp³-hybridized carbons (Fsp3) is 0.429. The molecular weight excluding hydrogens is 274 g/mol. The lowest BCUT2D eigenvalue weighted by Gasteiger charge is -2.45. The molecule has 0 fully saturated rings. The van der Waals surface area contributed by atoms with Gasteiger partial charge in [0.1, 0.15) is 17.5 Å². The predicted octanol–water partition coefficient (Wildman–Crippen LogP) is 1.31. The largest absolute Gasteiger partial charge is 0.485 e. The highest BCUT2D eigenvalue weighted by atomic mass is 32.1. The lowest BCUT2D eigenvalue weighted by molar-refractivity contribution is -0.0783. The van der Waals surface area contributed by atoms with E-state index >= 15 is 0 Å². The first kappa shape index (κ1) is 14.6. The summed E-state index contributed by atoms with van der Waals surface area (Å²) in [5.74, 6) is 0.632. The first-order valence-corrected chi connectivity index (χ1v) is 6.62. The monoisotopic (exact) mass is 291 g/mol. The van der Waals surface area contributed by atoms with Gasteiger partial charge in [0.2, 0.25) is 0 Å². The summed E-state index contributed by atoms with van der Waals surface area (Å²) < 4.78 is 5.82. The van der Waals surface area contributed by atoms with Gasteiger partial charge in [-0.25, -0.2) is 0 Å². The molecule has 5 nitrogen and oxygen atoms in total. The molecule has 0 unspecified atom stereocenters. The number of aliphatic hydroxyl groups is 1. The van der Waals surface area contributed by atoms with E-state index in [-0.39, 0.29) is 5.11 Å². The Morgan fingerprint density at radius 3 is 2.75 bits per heavy atom. The van der Waals surface area contributed by atoms with Crippen LogP contribution in [-0.2, 0) is 0 Å². The Kier molecular flexibility index (Phi) is 3.59. The predicted molar refractivity (Wildman–Crippen MR) is 79.2 cm³/mol. The van der Waals surface area contributed by atoms with E-state index in [0.29, 0.717) is 16.9 Å². The van der Waals surface area contributed by atoms with E-state index in [4.69, 9.17) is 28.0 Å². The van der Waals surface area contributed by atoms with Crippen molar-refractivity contribution in [2.45, 2.75) is 31.6 Å². The standard InChI is InChI=1S/C14H17N3O2S/c1-14(2)12(18)11(17(3)13(16)20)9-6-8(7-15)4-5-10(9)19-14/h4-6,11-12,18H,1-3H3,(H2,16,20)/t11-,12+/m0/s1. The number of hydrogen-bond donors (Lipinski definition) is 2. The summed E-state index contributed by atoms with van der Waals surface area (Å²) in [5.41, 5.74) is 6.13. The zero-order valence-electron chi connectivity index (χ0n) is 11.6. The van der Waals surface area contributed by atoms with Crippen LogP contribution in [0.2, 0.25) is 0 Å². The van der Waals surface area contributed by atoms with Gasteiger partial charge < -0.3 is 20.5 Å². The van der Waals surface area contributed by atoms with E-state index in [9.17, 15) is 5.11 Å². The van der Waals surface area contributed by atoms with Gasteiger partial charge in [-0.3, -0.25) is 0 Å². The van der Waals surface area contributed by atoms with Gasteiger partial charge in [-0.05, 0) is 44.3 Å². The van der Waals surface area contributed by atoms with E-state index in [1.165, 1.54) is 0 Å². The zero-order valence-corrected chi connectivity index (χ0v) is 12.4. The van der Waals surface area contributed by atoms with Crippen LogP contribution in [0.4, 0.5) is 0 Å². The maximum atomic E-state index is 10.6. The molecule has 1 aliphatic heterocycles. The van der Waals surface area contributed by atoms with Crippen LogP contribution in [0.25, 0.3) is 0 Å². The molecule has 6 heteroatoms. The van der Waals surface area contributed by atoms with Crippen molar-refractivity contribution in [3.8, 4) is 11.8 Å². The smallest absolute Gasteiger partial charge is 0.166 e. The molecule has 0 spiro atoms. The summed E-state index contributed by atoms with van der Waals surface area (Å²) in [6.45, 7) is 3.61. The molecule has 0 amide bonds. The van der Waals surface area contributed by atoms with Crippen LogP contribution in [0.5, 0.6) is 5.75 Å². The highest BCUT2D eigenvalue weighted by molar-refractivity contribution is 7.80. The van der Waals surface area contributed by atoms with Crippen molar-refractivity contribution < 1.29 is 9.84 Å². The first-order valence-electron chi connectivity index (χ1n) is 6.21. The lowest BCUT2D eigenvalue weighted by atomic mass is 9.85. The van der Waals surface area contributed by atoms with E-state index in [0.717, 1.165) is 0 Å². The summed E-state index contributed by atoms with van der Waals surface area (Å²) in [4.78, 5) is 1.63. The Morgan fingerprint density at radius 2 is 2.20 bits per heavy atom. The molecule has 0 saturated carbocycles. The van der Waals surface area contributed by atoms with Crippen molar-refractivity contribution >= 4 is 17.3 Å². The van der Waals surface area contributed by atoms with E-state index in [1.807, 2.05) is 0 Å². The molecule has 1 heterocycles. The van der Waals surface area contributed by atoms with Crippen molar-refractivity contribution in [1.29, 1.82) is 5.26 Å². The molecular formula is C14H17N3O2S. The topological polar surface area (TPSA) is 82.5 Å². The second-order valence-electron chi connectivity index (χ2n) is 5.41. The van der Waals surface area contributed by atoms with Crippen LogP contribution < -0.4 is 10.5 Å². The van der Waals surface area contributed by atoms with Gasteiger partial charge in [0.15, 0.2) is 5.11 Å². The van der Waals surface area contributed by atoms with E-state index in [2.05, 4.69) is 6.07 Å². The number of hydrogen-bond acceptors (Lipinski definition) is 4. The number of ether oxygens (including phenoxy) is 1. The molecule has 106 valence electrons. The van der Waals surface area contributed by atoms with Gasteiger partial charge in [-0.15, -0.1) is 0 Å². The molecule has 0 bridgehead atoms. The van der Waals surface area contributed by atoms with Crippen LogP contribution in [0.3, 0.4) is 0 Å². The van der Waals surface area contributed by atoms with E-state index < -0.39 is 17.7 Å². The van der Waals surface area contributed by atoms with Gasteiger partial charge in [-0.2, -0.15) is 5.26 Å². The number of nitrogens with zero attached hydrogens (tertiary/aromatic N) is 2. The molecule has 0 saturated heterocycles. The molecule has 1 aromatic rings. The highest BCUT2D eigenvalue weighted by Crippen LogP contribution is 2.42. The SMILES string of the molecule is CN(C(N)=S)[C@H]1c2cc(C#N)ccc2OC(C)(C)[C@@H]1O. The van der Waals surface area contributed by atoms with Crippen LogP contribution in [0.15, 0.2) is 18.2 Å². The number of thiocarbonyl (C=S) groups is 1. The maximum absolute atomic E-state index is 10.6. The number of aliphatic hydroxyl groups excluding tert-OH is 1. The van der Waals surface area contributed by atoms with Gasteiger partial charge in [0, 0.05) is 12.6 Å². The number of nitriles is 1. The van der Waals surface area contributed by atoms with Crippen LogP contribution in [0.1, 0.15) is 31.0 Å².